The Morgan fingerprint density at radius 1 is 1.05 bits per heavy atom. The Kier molecular flexibility index (Phi) is 9.98. The molecule has 4 N–H and O–H groups in total. The third-order valence-electron chi connectivity index (χ3n) is 6.68. The molecule has 11 heteroatoms. The van der Waals surface area contributed by atoms with Crippen LogP contribution in [-0.4, -0.2) is 56.8 Å². The number of fused-ring (bicyclic) bond motifs is 3. The molecule has 0 saturated heterocycles. The number of benzene rings is 1. The van der Waals surface area contributed by atoms with Crippen molar-refractivity contribution in [2.45, 2.75) is 52.1 Å². The zero-order valence-electron chi connectivity index (χ0n) is 23.7. The van der Waals surface area contributed by atoms with Gasteiger partial charge < -0.3 is 35.3 Å². The van der Waals surface area contributed by atoms with Gasteiger partial charge in [-0.15, -0.1) is 0 Å². The number of methoxy groups -OCH3 is 3. The quantitative estimate of drug-likeness (QED) is 0.328. The Bertz CT molecular complexity index is 1340. The summed E-state index contributed by atoms with van der Waals surface area (Å²) >= 11 is 0. The fraction of sp³-hybridized carbons (Fsp3) is 0.448. The second-order valence-electron chi connectivity index (χ2n) is 10.0. The van der Waals surface area contributed by atoms with Gasteiger partial charge in [-0.1, -0.05) is 19.9 Å². The highest BCUT2D eigenvalue weighted by molar-refractivity contribution is 5.88. The van der Waals surface area contributed by atoms with Crippen LogP contribution in [0.5, 0.6) is 17.2 Å². The van der Waals surface area contributed by atoms with Gasteiger partial charge in [0.05, 0.1) is 33.1 Å². The zero-order chi connectivity index (χ0) is 29.6. The van der Waals surface area contributed by atoms with Crippen molar-refractivity contribution in [1.82, 2.24) is 10.6 Å². The highest BCUT2D eigenvalue weighted by Crippen LogP contribution is 2.50. The van der Waals surface area contributed by atoms with Crippen molar-refractivity contribution in [3.05, 3.63) is 45.6 Å². The highest BCUT2D eigenvalue weighted by atomic mass is 16.5. The van der Waals surface area contributed by atoms with Gasteiger partial charge in [0.25, 0.3) is 0 Å². The largest absolute Gasteiger partial charge is 0.493 e. The first kappa shape index (κ1) is 30.3. The lowest BCUT2D eigenvalue weighted by Crippen LogP contribution is -2.43. The average Bonchev–Trinajstić information content (AvgIpc) is 3.14. The van der Waals surface area contributed by atoms with E-state index in [0.717, 1.165) is 5.56 Å². The molecule has 216 valence electrons. The monoisotopic (exact) mass is 555 g/mol. The summed E-state index contributed by atoms with van der Waals surface area (Å²) in [5, 5.41) is 17.3. The average molecular weight is 556 g/mol. The topological polar surface area (TPSA) is 152 Å². The van der Waals surface area contributed by atoms with Crippen LogP contribution in [0.15, 0.2) is 29.1 Å². The van der Waals surface area contributed by atoms with Crippen molar-refractivity contribution < 1.29 is 33.7 Å². The Balaban J connectivity index is 2.23. The number of rotatable bonds is 11. The molecule has 11 nitrogen and oxygen atoms in total. The number of amides is 2. The van der Waals surface area contributed by atoms with Crippen LogP contribution in [0.4, 0.5) is 5.69 Å². The van der Waals surface area contributed by atoms with E-state index >= 15 is 0 Å². The Morgan fingerprint density at radius 2 is 1.75 bits per heavy atom. The van der Waals surface area contributed by atoms with E-state index in [0.29, 0.717) is 53.2 Å². The summed E-state index contributed by atoms with van der Waals surface area (Å²) in [6.07, 6.45) is 1.44. The van der Waals surface area contributed by atoms with Crippen LogP contribution in [0, 0.1) is 5.92 Å². The summed E-state index contributed by atoms with van der Waals surface area (Å²) in [4.78, 5) is 49.5. The first-order valence-corrected chi connectivity index (χ1v) is 13.0. The minimum absolute atomic E-state index is 0.0834. The molecular formula is C29H37N3O8. The van der Waals surface area contributed by atoms with Crippen molar-refractivity contribution in [3.8, 4) is 28.4 Å². The van der Waals surface area contributed by atoms with Crippen LogP contribution in [0.2, 0.25) is 0 Å². The Morgan fingerprint density at radius 3 is 2.33 bits per heavy atom. The van der Waals surface area contributed by atoms with Gasteiger partial charge in [-0.05, 0) is 60.1 Å². The minimum atomic E-state index is -1.17. The molecule has 0 spiro atoms. The Hall–Kier alpha value is -4.28. The minimum Gasteiger partial charge on any atom is -0.493 e. The van der Waals surface area contributed by atoms with Crippen LogP contribution < -0.4 is 35.6 Å². The van der Waals surface area contributed by atoms with Gasteiger partial charge >= 0.3 is 5.97 Å². The molecule has 0 saturated carbocycles. The number of carboxylic acids is 1. The third kappa shape index (κ3) is 6.83. The molecule has 1 aliphatic carbocycles. The maximum atomic E-state index is 13.6. The summed E-state index contributed by atoms with van der Waals surface area (Å²) in [5.41, 5.74) is 2.62. The molecule has 0 bridgehead atoms. The van der Waals surface area contributed by atoms with Gasteiger partial charge in [-0.3, -0.25) is 19.2 Å². The summed E-state index contributed by atoms with van der Waals surface area (Å²) in [6.45, 7) is 4.74. The van der Waals surface area contributed by atoms with E-state index in [1.807, 2.05) is 19.9 Å². The van der Waals surface area contributed by atoms with E-state index in [1.165, 1.54) is 34.3 Å². The number of aryl methyl sites for hydroxylation is 1. The first-order chi connectivity index (χ1) is 19.0. The third-order valence-corrected chi connectivity index (χ3v) is 6.68. The standard InChI is InChI=1S/C29H37N3O8/c1-15(2)11-22(29(37)30-14-25(35)36)32-21-10-8-18-19(13-23(21)34)20(31-16(3)33)9-7-17-12-24(38-4)27(39-5)28(40-6)26(17)18/h8,10,12-13,15,20,22H,7,9,11,14H2,1-6H3,(H,30,37)(H,31,33)(H,32,34)(H,35,36)/t20-,22-/m1/s1. The van der Waals surface area contributed by atoms with Crippen molar-refractivity contribution in [3.63, 3.8) is 0 Å². The number of nitrogens with one attached hydrogen (secondary N) is 3. The van der Waals surface area contributed by atoms with Crippen LogP contribution in [0.25, 0.3) is 11.1 Å². The number of aliphatic carboxylic acids is 1. The molecule has 3 rings (SSSR count). The molecule has 0 radical (unpaired) electrons. The van der Waals surface area contributed by atoms with Gasteiger partial charge in [0.2, 0.25) is 23.0 Å². The molecule has 2 amide bonds. The first-order valence-electron chi connectivity index (χ1n) is 13.0. The van der Waals surface area contributed by atoms with E-state index in [4.69, 9.17) is 19.3 Å². The lowest BCUT2D eigenvalue weighted by Gasteiger charge is -2.20. The van der Waals surface area contributed by atoms with E-state index in [2.05, 4.69) is 16.0 Å². The van der Waals surface area contributed by atoms with Crippen LogP contribution in [0.3, 0.4) is 0 Å². The smallest absolute Gasteiger partial charge is 0.322 e. The number of hydrogen-bond acceptors (Lipinski definition) is 8. The number of ether oxygens (including phenoxy) is 3. The predicted molar refractivity (Wildman–Crippen MR) is 150 cm³/mol. The molecule has 0 fully saturated rings. The van der Waals surface area contributed by atoms with Gasteiger partial charge in [-0.25, -0.2) is 0 Å². The van der Waals surface area contributed by atoms with E-state index in [9.17, 15) is 19.2 Å². The summed E-state index contributed by atoms with van der Waals surface area (Å²) in [5.74, 6) is -0.530. The fourth-order valence-electron chi connectivity index (χ4n) is 5.00. The molecule has 1 aliphatic rings. The van der Waals surface area contributed by atoms with Crippen molar-refractivity contribution in [2.24, 2.45) is 5.92 Å². The van der Waals surface area contributed by atoms with Crippen LogP contribution >= 0.6 is 0 Å². The number of carbonyl (C=O) groups is 3. The molecule has 0 aromatic heterocycles. The lowest BCUT2D eigenvalue weighted by atomic mass is 9.95. The molecule has 0 heterocycles. The van der Waals surface area contributed by atoms with E-state index in [-0.39, 0.29) is 22.9 Å². The summed E-state index contributed by atoms with van der Waals surface area (Å²) in [6, 6.07) is 5.37. The van der Waals surface area contributed by atoms with Gasteiger partial charge in [0.15, 0.2) is 11.5 Å². The summed E-state index contributed by atoms with van der Waals surface area (Å²) < 4.78 is 17.0. The molecule has 2 aromatic rings. The van der Waals surface area contributed by atoms with Gasteiger partial charge in [0.1, 0.15) is 12.6 Å². The summed E-state index contributed by atoms with van der Waals surface area (Å²) in [7, 11) is 4.57. The maximum Gasteiger partial charge on any atom is 0.322 e. The number of carboxylic acid groups (broad SMARTS) is 1. The lowest BCUT2D eigenvalue weighted by molar-refractivity contribution is -0.138. The van der Waals surface area contributed by atoms with Crippen molar-refractivity contribution in [1.29, 1.82) is 0 Å². The van der Waals surface area contributed by atoms with Crippen LogP contribution in [0.1, 0.15) is 50.8 Å². The predicted octanol–water partition coefficient (Wildman–Crippen LogP) is 2.89. The SMILES string of the molecule is COc1cc2c(c(OC)c1OC)-c1ccc(N[C@H](CC(C)C)C(=O)NCC(=O)O)c(=O)cc1[C@H](NC(C)=O)CC2. The fourth-order valence-corrected chi connectivity index (χ4v) is 5.00. The second kappa shape index (κ2) is 13.2. The Labute approximate surface area is 233 Å². The second-order valence-corrected chi connectivity index (χ2v) is 10.0. The zero-order valence-corrected chi connectivity index (χ0v) is 23.7. The van der Waals surface area contributed by atoms with Crippen LogP contribution in [-0.2, 0) is 20.8 Å². The van der Waals surface area contributed by atoms with Crippen molar-refractivity contribution in [2.75, 3.05) is 33.2 Å². The molecule has 40 heavy (non-hydrogen) atoms. The van der Waals surface area contributed by atoms with E-state index < -0.39 is 30.5 Å². The van der Waals surface area contributed by atoms with Crippen molar-refractivity contribution >= 4 is 23.5 Å². The number of hydrogen-bond donors (Lipinski definition) is 4. The maximum absolute atomic E-state index is 13.6. The van der Waals surface area contributed by atoms with E-state index in [1.54, 1.807) is 12.1 Å². The normalized spacial score (nSPS) is 14.6. The molecule has 2 atom stereocenters. The molecule has 0 aliphatic heterocycles. The number of anilines is 1. The molecule has 2 aromatic carbocycles. The molecular weight excluding hydrogens is 518 g/mol. The van der Waals surface area contributed by atoms with Gasteiger partial charge in [-0.2, -0.15) is 0 Å². The number of carbonyl (C=O) groups excluding carboxylic acids is 2. The van der Waals surface area contributed by atoms with Gasteiger partial charge in [0, 0.05) is 12.5 Å². The highest BCUT2D eigenvalue weighted by Gasteiger charge is 2.30. The molecule has 0 unspecified atom stereocenters.